The number of nitrogens with zero attached hydrogens (tertiary/aromatic N) is 2. The monoisotopic (exact) mass is 436 g/mol. The van der Waals surface area contributed by atoms with Crippen molar-refractivity contribution in [3.63, 3.8) is 0 Å². The lowest BCUT2D eigenvalue weighted by Gasteiger charge is -2.30. The van der Waals surface area contributed by atoms with E-state index < -0.39 is 6.61 Å². The molecule has 0 bridgehead atoms. The predicted octanol–water partition coefficient (Wildman–Crippen LogP) is 5.11. The van der Waals surface area contributed by atoms with Crippen LogP contribution >= 0.6 is 11.6 Å². The van der Waals surface area contributed by atoms with Gasteiger partial charge in [-0.1, -0.05) is 11.6 Å². The molecule has 0 radical (unpaired) electrons. The summed E-state index contributed by atoms with van der Waals surface area (Å²) in [6.07, 6.45) is 1.37. The number of likely N-dealkylation sites (tertiary alicyclic amines) is 1. The van der Waals surface area contributed by atoms with Crippen molar-refractivity contribution in [2.45, 2.75) is 25.4 Å². The van der Waals surface area contributed by atoms with Crippen LogP contribution in [-0.4, -0.2) is 42.6 Å². The molecule has 158 valence electrons. The molecule has 1 fully saturated rings. The molecule has 1 amide bonds. The van der Waals surface area contributed by atoms with Crippen molar-refractivity contribution in [1.82, 2.24) is 9.88 Å². The number of alkyl halides is 2. The number of fused-ring (bicyclic) bond motifs is 1. The zero-order valence-electron chi connectivity index (χ0n) is 16.1. The van der Waals surface area contributed by atoms with Gasteiger partial charge in [0.1, 0.15) is 5.52 Å². The highest BCUT2D eigenvalue weighted by atomic mass is 35.5. The largest absolute Gasteiger partial charge is 0.493 e. The summed E-state index contributed by atoms with van der Waals surface area (Å²) in [5, 5.41) is 0.595. The molecule has 3 aromatic rings. The summed E-state index contributed by atoms with van der Waals surface area (Å²) in [7, 11) is 1.35. The van der Waals surface area contributed by atoms with E-state index in [9.17, 15) is 13.6 Å². The molecule has 6 nitrogen and oxygen atoms in total. The second kappa shape index (κ2) is 8.47. The van der Waals surface area contributed by atoms with Gasteiger partial charge in [0, 0.05) is 29.6 Å². The Morgan fingerprint density at radius 3 is 2.67 bits per heavy atom. The van der Waals surface area contributed by atoms with Gasteiger partial charge in [0.2, 0.25) is 0 Å². The molecule has 1 aliphatic rings. The van der Waals surface area contributed by atoms with E-state index in [1.807, 2.05) is 0 Å². The lowest BCUT2D eigenvalue weighted by molar-refractivity contribution is -0.0512. The Morgan fingerprint density at radius 1 is 1.20 bits per heavy atom. The fourth-order valence-corrected chi connectivity index (χ4v) is 3.77. The Kier molecular flexibility index (Phi) is 5.76. The highest BCUT2D eigenvalue weighted by molar-refractivity contribution is 6.31. The molecule has 4 rings (SSSR count). The Hall–Kier alpha value is -2.87. The summed E-state index contributed by atoms with van der Waals surface area (Å²) < 4.78 is 40.6. The number of ether oxygens (including phenoxy) is 2. The molecule has 1 saturated heterocycles. The van der Waals surface area contributed by atoms with E-state index in [1.165, 1.54) is 25.3 Å². The Balaban J connectivity index is 1.45. The first-order valence-corrected chi connectivity index (χ1v) is 9.80. The van der Waals surface area contributed by atoms with Gasteiger partial charge in [-0.05, 0) is 49.2 Å². The number of benzene rings is 2. The number of aromatic nitrogens is 1. The van der Waals surface area contributed by atoms with Gasteiger partial charge < -0.3 is 18.8 Å². The van der Waals surface area contributed by atoms with Gasteiger partial charge in [-0.3, -0.25) is 4.79 Å². The molecule has 0 spiro atoms. The van der Waals surface area contributed by atoms with Crippen LogP contribution in [0.1, 0.15) is 35.0 Å². The van der Waals surface area contributed by atoms with Crippen molar-refractivity contribution >= 4 is 28.6 Å². The third-order valence-corrected chi connectivity index (χ3v) is 5.36. The smallest absolute Gasteiger partial charge is 0.387 e. The van der Waals surface area contributed by atoms with E-state index in [0.717, 1.165) is 0 Å². The minimum atomic E-state index is -3.01. The molecule has 0 saturated carbocycles. The number of carbonyl (C=O) groups excluding carboxylic acids is 1. The standard InChI is InChI=1S/C21H19ClF2N2O4/c1-28-17-4-2-13(10-18(17)30-21(23)24)20(27)26-8-6-12(7-9-26)19-25-15-11-14(22)3-5-16(15)29-19/h2-5,10-12,21H,6-9H2,1H3. The van der Waals surface area contributed by atoms with Gasteiger partial charge in [0.25, 0.3) is 5.91 Å². The highest BCUT2D eigenvalue weighted by Crippen LogP contribution is 2.33. The molecule has 1 aliphatic heterocycles. The number of hydrogen-bond acceptors (Lipinski definition) is 5. The van der Waals surface area contributed by atoms with Gasteiger partial charge in [-0.15, -0.1) is 0 Å². The van der Waals surface area contributed by atoms with Crippen LogP contribution in [0.5, 0.6) is 11.5 Å². The third kappa shape index (κ3) is 4.18. The van der Waals surface area contributed by atoms with Crippen molar-refractivity contribution in [1.29, 1.82) is 0 Å². The third-order valence-electron chi connectivity index (χ3n) is 5.12. The maximum atomic E-state index is 12.8. The minimum absolute atomic E-state index is 0.0915. The predicted molar refractivity (Wildman–Crippen MR) is 107 cm³/mol. The summed E-state index contributed by atoms with van der Waals surface area (Å²) in [5.41, 5.74) is 1.65. The average Bonchev–Trinajstić information content (AvgIpc) is 3.16. The first-order chi connectivity index (χ1) is 14.4. The van der Waals surface area contributed by atoms with Crippen molar-refractivity contribution < 1.29 is 27.5 Å². The minimum Gasteiger partial charge on any atom is -0.493 e. The lowest BCUT2D eigenvalue weighted by atomic mass is 9.96. The normalized spacial score (nSPS) is 15.0. The van der Waals surface area contributed by atoms with Crippen LogP contribution < -0.4 is 9.47 Å². The first-order valence-electron chi connectivity index (χ1n) is 9.42. The van der Waals surface area contributed by atoms with Crippen LogP contribution in [0.2, 0.25) is 5.02 Å². The molecule has 30 heavy (non-hydrogen) atoms. The fourth-order valence-electron chi connectivity index (χ4n) is 3.60. The number of hydrogen-bond donors (Lipinski definition) is 0. The molecule has 0 atom stereocenters. The zero-order chi connectivity index (χ0) is 21.3. The summed E-state index contributed by atoms with van der Waals surface area (Å²) >= 11 is 6.00. The number of rotatable bonds is 5. The van der Waals surface area contributed by atoms with Crippen LogP contribution in [0.4, 0.5) is 8.78 Å². The SMILES string of the molecule is COc1ccc(C(=O)N2CCC(c3nc4cc(Cl)ccc4o3)CC2)cc1OC(F)F. The maximum Gasteiger partial charge on any atom is 0.387 e. The van der Waals surface area contributed by atoms with E-state index in [4.69, 9.17) is 20.8 Å². The van der Waals surface area contributed by atoms with Gasteiger partial charge in [-0.2, -0.15) is 8.78 Å². The van der Waals surface area contributed by atoms with Crippen molar-refractivity contribution in [3.05, 3.63) is 52.9 Å². The Labute approximate surface area is 176 Å². The number of piperidine rings is 1. The van der Waals surface area contributed by atoms with Gasteiger partial charge in [0.15, 0.2) is 23.0 Å². The molecule has 2 heterocycles. The molecule has 1 aromatic heterocycles. The Bertz CT molecular complexity index is 1060. The molecular formula is C21H19ClF2N2O4. The highest BCUT2D eigenvalue weighted by Gasteiger charge is 2.28. The maximum absolute atomic E-state index is 12.8. The topological polar surface area (TPSA) is 64.8 Å². The molecule has 9 heteroatoms. The molecule has 0 N–H and O–H groups in total. The summed E-state index contributed by atoms with van der Waals surface area (Å²) in [6, 6.07) is 9.56. The number of amides is 1. The van der Waals surface area contributed by atoms with E-state index in [2.05, 4.69) is 9.72 Å². The van der Waals surface area contributed by atoms with Crippen LogP contribution in [0.25, 0.3) is 11.1 Å². The quantitative estimate of drug-likeness (QED) is 0.556. The van der Waals surface area contributed by atoms with Crippen molar-refractivity contribution in [3.8, 4) is 11.5 Å². The van der Waals surface area contributed by atoms with Crippen LogP contribution in [0.3, 0.4) is 0 Å². The van der Waals surface area contributed by atoms with Crippen molar-refractivity contribution in [2.24, 2.45) is 0 Å². The molecule has 0 unspecified atom stereocenters. The lowest BCUT2D eigenvalue weighted by Crippen LogP contribution is -2.38. The van der Waals surface area contributed by atoms with E-state index >= 15 is 0 Å². The fraction of sp³-hybridized carbons (Fsp3) is 0.333. The first kappa shape index (κ1) is 20.4. The van der Waals surface area contributed by atoms with Crippen molar-refractivity contribution in [2.75, 3.05) is 20.2 Å². The number of methoxy groups -OCH3 is 1. The van der Waals surface area contributed by atoms with Gasteiger partial charge in [0.05, 0.1) is 7.11 Å². The number of halogens is 3. The van der Waals surface area contributed by atoms with E-state index in [-0.39, 0.29) is 28.9 Å². The van der Waals surface area contributed by atoms with E-state index in [1.54, 1.807) is 23.1 Å². The summed E-state index contributed by atoms with van der Waals surface area (Å²) in [5.74, 6) is 0.449. The molecule has 2 aromatic carbocycles. The second-order valence-electron chi connectivity index (χ2n) is 6.97. The second-order valence-corrected chi connectivity index (χ2v) is 7.41. The average molecular weight is 437 g/mol. The van der Waals surface area contributed by atoms with Gasteiger partial charge in [-0.25, -0.2) is 4.98 Å². The molecule has 0 aliphatic carbocycles. The number of oxazole rings is 1. The Morgan fingerprint density at radius 2 is 1.97 bits per heavy atom. The van der Waals surface area contributed by atoms with Gasteiger partial charge >= 0.3 is 6.61 Å². The van der Waals surface area contributed by atoms with E-state index in [0.29, 0.717) is 47.9 Å². The van der Waals surface area contributed by atoms with Crippen LogP contribution in [-0.2, 0) is 0 Å². The summed E-state index contributed by atoms with van der Waals surface area (Å²) in [6.45, 7) is -2.01. The zero-order valence-corrected chi connectivity index (χ0v) is 16.9. The number of carbonyl (C=O) groups is 1. The summed E-state index contributed by atoms with van der Waals surface area (Å²) in [4.78, 5) is 19.1. The van der Waals surface area contributed by atoms with Crippen LogP contribution in [0, 0.1) is 0 Å². The van der Waals surface area contributed by atoms with Crippen LogP contribution in [0.15, 0.2) is 40.8 Å². The molecular weight excluding hydrogens is 418 g/mol.